The molecule has 5 atom stereocenters. The number of benzene rings is 4. The average Bonchev–Trinajstić information content (AvgIpc) is 3.03. The van der Waals surface area contributed by atoms with Gasteiger partial charge >= 0.3 is 0 Å². The minimum atomic E-state index is -1.13. The van der Waals surface area contributed by atoms with Crippen LogP contribution < -0.4 is 9.47 Å². The maximum absolute atomic E-state index is 11.5. The summed E-state index contributed by atoms with van der Waals surface area (Å²) >= 11 is 0. The van der Waals surface area contributed by atoms with Gasteiger partial charge in [0, 0.05) is 0 Å². The molecule has 0 bridgehead atoms. The smallest absolute Gasteiger partial charge is 0.229 e. The zero-order valence-corrected chi connectivity index (χ0v) is 23.1. The van der Waals surface area contributed by atoms with E-state index in [1.807, 2.05) is 91.0 Å². The van der Waals surface area contributed by atoms with Crippen LogP contribution in [-0.4, -0.2) is 49.5 Å². The van der Waals surface area contributed by atoms with Crippen LogP contribution in [0.25, 0.3) is 0 Å². The summed E-state index contributed by atoms with van der Waals surface area (Å²) in [5, 5.41) is 11.5. The lowest BCUT2D eigenvalue weighted by Crippen LogP contribution is -2.61. The standard InChI is InChI=1S/C34H36O7/c1-36-28-17-19-29(20-18-28)40-34-31(35)33(39-23-27-15-9-4-10-16-27)32(38-22-26-13-7-3-8-14-26)30(41-34)24-37-21-25-11-5-2-6-12-25/h2-20,30-35H,21-24H2,1H3/t30-,31-,32+,33-,34-/m1/s1. The van der Waals surface area contributed by atoms with Crippen molar-refractivity contribution in [2.75, 3.05) is 13.7 Å². The van der Waals surface area contributed by atoms with Gasteiger partial charge in [0.2, 0.25) is 6.29 Å². The first-order valence-electron chi connectivity index (χ1n) is 13.8. The largest absolute Gasteiger partial charge is 0.497 e. The molecule has 0 unspecified atom stereocenters. The Labute approximate surface area is 241 Å². The third-order valence-electron chi connectivity index (χ3n) is 6.89. The molecule has 0 radical (unpaired) electrons. The molecule has 0 aliphatic carbocycles. The Morgan fingerprint density at radius 3 is 1.63 bits per heavy atom. The van der Waals surface area contributed by atoms with E-state index < -0.39 is 30.7 Å². The molecule has 0 aromatic heterocycles. The third kappa shape index (κ3) is 8.16. The molecule has 5 rings (SSSR count). The molecule has 1 saturated heterocycles. The highest BCUT2D eigenvalue weighted by atomic mass is 16.7. The second kappa shape index (κ2) is 14.8. The van der Waals surface area contributed by atoms with Gasteiger partial charge < -0.3 is 33.5 Å². The maximum atomic E-state index is 11.5. The number of aliphatic hydroxyl groups is 1. The first-order valence-corrected chi connectivity index (χ1v) is 13.8. The average molecular weight is 557 g/mol. The molecule has 1 fully saturated rings. The summed E-state index contributed by atoms with van der Waals surface area (Å²) in [5.74, 6) is 1.23. The number of hydrogen-bond acceptors (Lipinski definition) is 7. The zero-order chi connectivity index (χ0) is 28.3. The molecule has 7 nitrogen and oxygen atoms in total. The highest BCUT2D eigenvalue weighted by molar-refractivity contribution is 5.31. The molecule has 0 saturated carbocycles. The highest BCUT2D eigenvalue weighted by Crippen LogP contribution is 2.30. The van der Waals surface area contributed by atoms with Crippen LogP contribution in [0.4, 0.5) is 0 Å². The van der Waals surface area contributed by atoms with Crippen molar-refractivity contribution in [1.82, 2.24) is 0 Å². The summed E-state index contributed by atoms with van der Waals surface area (Å²) in [4.78, 5) is 0. The number of rotatable bonds is 13. The van der Waals surface area contributed by atoms with E-state index in [-0.39, 0.29) is 6.61 Å². The summed E-state index contributed by atoms with van der Waals surface area (Å²) in [6, 6.07) is 36.8. The molecule has 4 aromatic rings. The number of ether oxygens (including phenoxy) is 6. The van der Waals surface area contributed by atoms with Crippen LogP contribution in [0, 0.1) is 0 Å². The van der Waals surface area contributed by atoms with Crippen LogP contribution in [0.15, 0.2) is 115 Å². The van der Waals surface area contributed by atoms with Crippen LogP contribution in [0.5, 0.6) is 11.5 Å². The highest BCUT2D eigenvalue weighted by Gasteiger charge is 2.48. The lowest BCUT2D eigenvalue weighted by Gasteiger charge is -2.44. The Balaban J connectivity index is 1.37. The van der Waals surface area contributed by atoms with Crippen molar-refractivity contribution in [2.24, 2.45) is 0 Å². The van der Waals surface area contributed by atoms with Gasteiger partial charge in [-0.15, -0.1) is 0 Å². The van der Waals surface area contributed by atoms with E-state index in [1.54, 1.807) is 31.4 Å². The van der Waals surface area contributed by atoms with Crippen molar-refractivity contribution < 1.29 is 33.5 Å². The van der Waals surface area contributed by atoms with E-state index in [0.29, 0.717) is 31.3 Å². The quantitative estimate of drug-likeness (QED) is 0.232. The SMILES string of the molecule is COc1ccc(O[C@@H]2O[C@H](COCc3ccccc3)[C@H](OCc3ccccc3)[C@H](OCc3ccccc3)[C@H]2O)cc1. The molecule has 7 heteroatoms. The predicted octanol–water partition coefficient (Wildman–Crippen LogP) is 5.55. The van der Waals surface area contributed by atoms with E-state index in [2.05, 4.69) is 0 Å². The van der Waals surface area contributed by atoms with Crippen molar-refractivity contribution in [2.45, 2.75) is 50.5 Å². The van der Waals surface area contributed by atoms with E-state index in [9.17, 15) is 5.11 Å². The second-order valence-electron chi connectivity index (χ2n) is 9.85. The van der Waals surface area contributed by atoms with Gasteiger partial charge in [0.15, 0.2) is 0 Å². The molecule has 1 heterocycles. The molecule has 1 aliphatic rings. The molecule has 4 aromatic carbocycles. The Bertz CT molecular complexity index is 1290. The van der Waals surface area contributed by atoms with Crippen molar-refractivity contribution in [3.63, 3.8) is 0 Å². The summed E-state index contributed by atoms with van der Waals surface area (Å²) in [6.07, 6.45) is -4.09. The van der Waals surface area contributed by atoms with Crippen molar-refractivity contribution in [3.8, 4) is 11.5 Å². The molecule has 1 N–H and O–H groups in total. The van der Waals surface area contributed by atoms with Crippen LogP contribution >= 0.6 is 0 Å². The Hall–Kier alpha value is -3.72. The molecular weight excluding hydrogens is 520 g/mol. The third-order valence-corrected chi connectivity index (χ3v) is 6.89. The van der Waals surface area contributed by atoms with E-state index in [0.717, 1.165) is 16.7 Å². The normalized spacial score (nSPS) is 22.2. The maximum Gasteiger partial charge on any atom is 0.229 e. The second-order valence-corrected chi connectivity index (χ2v) is 9.85. The summed E-state index contributed by atoms with van der Waals surface area (Å²) < 4.78 is 36.6. The number of methoxy groups -OCH3 is 1. The topological polar surface area (TPSA) is 75.6 Å². The minimum absolute atomic E-state index is 0.217. The number of hydrogen-bond donors (Lipinski definition) is 1. The first-order chi connectivity index (χ1) is 20.2. The fraction of sp³-hybridized carbons (Fsp3) is 0.294. The van der Waals surface area contributed by atoms with Crippen LogP contribution in [0.3, 0.4) is 0 Å². The van der Waals surface area contributed by atoms with Crippen LogP contribution in [0.2, 0.25) is 0 Å². The Morgan fingerprint density at radius 1 is 0.610 bits per heavy atom. The first kappa shape index (κ1) is 28.8. The molecule has 0 amide bonds. The fourth-order valence-electron chi connectivity index (χ4n) is 4.71. The summed E-state index contributed by atoms with van der Waals surface area (Å²) in [7, 11) is 1.61. The van der Waals surface area contributed by atoms with Gasteiger partial charge in [-0.05, 0) is 41.0 Å². The lowest BCUT2D eigenvalue weighted by atomic mass is 9.98. The van der Waals surface area contributed by atoms with Crippen molar-refractivity contribution in [1.29, 1.82) is 0 Å². The van der Waals surface area contributed by atoms with Crippen molar-refractivity contribution >= 4 is 0 Å². The van der Waals surface area contributed by atoms with Crippen molar-refractivity contribution in [3.05, 3.63) is 132 Å². The minimum Gasteiger partial charge on any atom is -0.497 e. The van der Waals surface area contributed by atoms with Gasteiger partial charge in [-0.1, -0.05) is 91.0 Å². The Kier molecular flexibility index (Phi) is 10.4. The zero-order valence-electron chi connectivity index (χ0n) is 23.1. The van der Waals surface area contributed by atoms with Crippen LogP contribution in [-0.2, 0) is 38.8 Å². The predicted molar refractivity (Wildman–Crippen MR) is 154 cm³/mol. The lowest BCUT2D eigenvalue weighted by molar-refractivity contribution is -0.299. The molecule has 0 spiro atoms. The van der Waals surface area contributed by atoms with E-state index >= 15 is 0 Å². The van der Waals surface area contributed by atoms with Gasteiger partial charge in [-0.3, -0.25) is 0 Å². The molecular formula is C34H36O7. The fourth-order valence-corrected chi connectivity index (χ4v) is 4.71. The van der Waals surface area contributed by atoms with Gasteiger partial charge in [-0.25, -0.2) is 0 Å². The van der Waals surface area contributed by atoms with Crippen LogP contribution in [0.1, 0.15) is 16.7 Å². The molecule has 1 aliphatic heterocycles. The molecule has 41 heavy (non-hydrogen) atoms. The van der Waals surface area contributed by atoms with E-state index in [1.165, 1.54) is 0 Å². The monoisotopic (exact) mass is 556 g/mol. The number of aliphatic hydroxyl groups excluding tert-OH is 1. The molecule has 214 valence electrons. The van der Waals surface area contributed by atoms with Gasteiger partial charge in [0.1, 0.15) is 35.9 Å². The van der Waals surface area contributed by atoms with Gasteiger partial charge in [0.05, 0.1) is 33.5 Å². The Morgan fingerprint density at radius 2 is 1.10 bits per heavy atom. The van der Waals surface area contributed by atoms with Gasteiger partial charge in [0.25, 0.3) is 0 Å². The van der Waals surface area contributed by atoms with Gasteiger partial charge in [-0.2, -0.15) is 0 Å². The summed E-state index contributed by atoms with van der Waals surface area (Å²) in [6.45, 7) is 1.25. The summed E-state index contributed by atoms with van der Waals surface area (Å²) in [5.41, 5.74) is 3.04. The van der Waals surface area contributed by atoms with E-state index in [4.69, 9.17) is 28.4 Å².